The lowest BCUT2D eigenvalue weighted by atomic mass is 9.45. The first-order valence-electron chi connectivity index (χ1n) is 13.3. The quantitative estimate of drug-likeness (QED) is 0.457. The second-order valence-electron chi connectivity index (χ2n) is 12.4. The third-order valence-corrected chi connectivity index (χ3v) is 10.8. The second kappa shape index (κ2) is 8.42. The minimum Gasteiger partial charge on any atom is -0.389 e. The van der Waals surface area contributed by atoms with Gasteiger partial charge in [-0.3, -0.25) is 0 Å². The largest absolute Gasteiger partial charge is 0.389 e. The summed E-state index contributed by atoms with van der Waals surface area (Å²) in [7, 11) is 0. The molecule has 3 fully saturated rings. The van der Waals surface area contributed by atoms with Crippen molar-refractivity contribution in [2.75, 3.05) is 0 Å². The Bertz CT molecular complexity index is 674. The number of aliphatic hydroxyl groups excluding tert-OH is 1. The molecule has 4 aliphatic carbocycles. The van der Waals surface area contributed by atoms with Gasteiger partial charge in [-0.25, -0.2) is 0 Å². The van der Waals surface area contributed by atoms with Crippen LogP contribution in [0, 0.1) is 52.3 Å². The van der Waals surface area contributed by atoms with E-state index in [0.717, 1.165) is 36.0 Å². The maximum Gasteiger partial charge on any atom is 0.0724 e. The SMILES string of the molecule is CCC(=CCC(C)[C@H]1CC[C@H]2[C@@H]3CCC4CC(O)C=C[C@]4(C)[C@H]3CC[C@]12C)C(C)C. The summed E-state index contributed by atoms with van der Waals surface area (Å²) in [5.74, 6) is 5.81. The predicted molar refractivity (Wildman–Crippen MR) is 128 cm³/mol. The molecular formula is C29H48O. The molecule has 0 bridgehead atoms. The van der Waals surface area contributed by atoms with E-state index < -0.39 is 0 Å². The zero-order valence-corrected chi connectivity index (χ0v) is 20.7. The Morgan fingerprint density at radius 1 is 1.07 bits per heavy atom. The zero-order chi connectivity index (χ0) is 21.7. The first-order valence-corrected chi connectivity index (χ1v) is 13.3. The Balaban J connectivity index is 1.51. The normalized spacial score (nSPS) is 47.0. The molecule has 0 radical (unpaired) electrons. The maximum atomic E-state index is 10.2. The molecular weight excluding hydrogens is 364 g/mol. The molecule has 0 spiro atoms. The lowest BCUT2D eigenvalue weighted by molar-refractivity contribution is -0.0902. The van der Waals surface area contributed by atoms with E-state index in [1.165, 1.54) is 51.4 Å². The third-order valence-electron chi connectivity index (χ3n) is 10.8. The van der Waals surface area contributed by atoms with E-state index in [1.54, 1.807) is 5.57 Å². The summed E-state index contributed by atoms with van der Waals surface area (Å²) in [6.45, 7) is 14.8. The topological polar surface area (TPSA) is 20.2 Å². The van der Waals surface area contributed by atoms with Crippen molar-refractivity contribution in [3.05, 3.63) is 23.8 Å². The fourth-order valence-corrected chi connectivity index (χ4v) is 9.05. The van der Waals surface area contributed by atoms with E-state index in [0.29, 0.717) is 22.7 Å². The Morgan fingerprint density at radius 3 is 2.53 bits per heavy atom. The van der Waals surface area contributed by atoms with Crippen molar-refractivity contribution in [3.8, 4) is 0 Å². The van der Waals surface area contributed by atoms with Crippen molar-refractivity contribution < 1.29 is 5.11 Å². The maximum absolute atomic E-state index is 10.2. The van der Waals surface area contributed by atoms with Gasteiger partial charge in [-0.15, -0.1) is 0 Å². The second-order valence-corrected chi connectivity index (χ2v) is 12.4. The van der Waals surface area contributed by atoms with Crippen LogP contribution in [0.15, 0.2) is 23.8 Å². The molecule has 0 amide bonds. The van der Waals surface area contributed by atoms with Gasteiger partial charge in [0.25, 0.3) is 0 Å². The minimum absolute atomic E-state index is 0.197. The Kier molecular flexibility index (Phi) is 6.35. The molecule has 0 aromatic carbocycles. The molecule has 1 heteroatoms. The van der Waals surface area contributed by atoms with Crippen molar-refractivity contribution in [3.63, 3.8) is 0 Å². The average molecular weight is 413 g/mol. The molecule has 1 nitrogen and oxygen atoms in total. The minimum atomic E-state index is -0.197. The molecule has 4 rings (SSSR count). The Labute approximate surface area is 186 Å². The predicted octanol–water partition coefficient (Wildman–Crippen LogP) is 7.80. The van der Waals surface area contributed by atoms with E-state index in [1.807, 2.05) is 0 Å². The van der Waals surface area contributed by atoms with E-state index in [4.69, 9.17) is 0 Å². The lowest BCUT2D eigenvalue weighted by Gasteiger charge is -2.59. The molecule has 3 saturated carbocycles. The summed E-state index contributed by atoms with van der Waals surface area (Å²) < 4.78 is 0. The number of allylic oxidation sites excluding steroid dienone is 3. The van der Waals surface area contributed by atoms with Crippen LogP contribution in [0.5, 0.6) is 0 Å². The van der Waals surface area contributed by atoms with Crippen LogP contribution in [0.4, 0.5) is 0 Å². The van der Waals surface area contributed by atoms with Gasteiger partial charge in [0, 0.05) is 0 Å². The Morgan fingerprint density at radius 2 is 1.83 bits per heavy atom. The van der Waals surface area contributed by atoms with Crippen molar-refractivity contribution in [1.82, 2.24) is 0 Å². The van der Waals surface area contributed by atoms with E-state index >= 15 is 0 Å². The number of hydrogen-bond donors (Lipinski definition) is 1. The molecule has 30 heavy (non-hydrogen) atoms. The van der Waals surface area contributed by atoms with Crippen LogP contribution < -0.4 is 0 Å². The highest BCUT2D eigenvalue weighted by atomic mass is 16.3. The van der Waals surface area contributed by atoms with Crippen LogP contribution in [0.1, 0.15) is 99.3 Å². The smallest absolute Gasteiger partial charge is 0.0724 e. The fraction of sp³-hybridized carbons (Fsp3) is 0.862. The van der Waals surface area contributed by atoms with Crippen LogP contribution in [-0.4, -0.2) is 11.2 Å². The molecule has 0 heterocycles. The monoisotopic (exact) mass is 412 g/mol. The van der Waals surface area contributed by atoms with E-state index in [9.17, 15) is 5.11 Å². The van der Waals surface area contributed by atoms with Crippen LogP contribution in [-0.2, 0) is 0 Å². The average Bonchev–Trinajstić information content (AvgIpc) is 3.06. The summed E-state index contributed by atoms with van der Waals surface area (Å²) in [5.41, 5.74) is 2.55. The summed E-state index contributed by atoms with van der Waals surface area (Å²) in [6, 6.07) is 0. The molecule has 0 aromatic rings. The van der Waals surface area contributed by atoms with Gasteiger partial charge in [-0.1, -0.05) is 65.3 Å². The molecule has 0 aliphatic heterocycles. The fourth-order valence-electron chi connectivity index (χ4n) is 9.05. The van der Waals surface area contributed by atoms with Crippen molar-refractivity contribution in [2.45, 2.75) is 105 Å². The molecule has 0 aromatic heterocycles. The third kappa shape index (κ3) is 3.66. The van der Waals surface area contributed by atoms with E-state index in [-0.39, 0.29) is 6.10 Å². The highest BCUT2D eigenvalue weighted by Crippen LogP contribution is 2.67. The molecule has 1 N–H and O–H groups in total. The highest BCUT2D eigenvalue weighted by molar-refractivity contribution is 5.17. The number of fused-ring (bicyclic) bond motifs is 5. The number of hydrogen-bond acceptors (Lipinski definition) is 1. The molecule has 9 atom stereocenters. The van der Waals surface area contributed by atoms with Gasteiger partial charge >= 0.3 is 0 Å². The first-order chi connectivity index (χ1) is 14.2. The van der Waals surface area contributed by atoms with E-state index in [2.05, 4.69) is 59.8 Å². The first kappa shape index (κ1) is 22.6. The van der Waals surface area contributed by atoms with Gasteiger partial charge in [0.15, 0.2) is 0 Å². The van der Waals surface area contributed by atoms with Crippen molar-refractivity contribution in [1.29, 1.82) is 0 Å². The van der Waals surface area contributed by atoms with Crippen LogP contribution in [0.3, 0.4) is 0 Å². The number of aliphatic hydroxyl groups is 1. The van der Waals surface area contributed by atoms with Crippen LogP contribution in [0.2, 0.25) is 0 Å². The standard InChI is InChI=1S/C29H48O/c1-7-21(19(2)3)9-8-20(4)25-12-13-26-24-11-10-22-18-23(30)14-16-28(22,5)27(24)15-17-29(25,26)6/h9,14,16,19-20,22-27,30H,7-8,10-13,15,17-18H2,1-6H3/t20?,22?,23?,24-,25+,26-,27-,28-,29+/m0/s1. The summed E-state index contributed by atoms with van der Waals surface area (Å²) in [4.78, 5) is 0. The van der Waals surface area contributed by atoms with Crippen LogP contribution >= 0.6 is 0 Å². The summed E-state index contributed by atoms with van der Waals surface area (Å²) in [5, 5.41) is 10.2. The zero-order valence-electron chi connectivity index (χ0n) is 20.7. The summed E-state index contributed by atoms with van der Waals surface area (Å²) >= 11 is 0. The Hall–Kier alpha value is -0.560. The van der Waals surface area contributed by atoms with Gasteiger partial charge < -0.3 is 5.11 Å². The van der Waals surface area contributed by atoms with Crippen molar-refractivity contribution in [2.24, 2.45) is 52.3 Å². The van der Waals surface area contributed by atoms with Gasteiger partial charge in [-0.05, 0) is 110 Å². The van der Waals surface area contributed by atoms with Gasteiger partial charge in [0.1, 0.15) is 0 Å². The molecule has 4 aliphatic rings. The lowest BCUT2D eigenvalue weighted by Crippen LogP contribution is -2.52. The molecule has 170 valence electrons. The number of rotatable bonds is 5. The van der Waals surface area contributed by atoms with Gasteiger partial charge in [0.2, 0.25) is 0 Å². The summed E-state index contributed by atoms with van der Waals surface area (Å²) in [6.07, 6.45) is 19.0. The van der Waals surface area contributed by atoms with Crippen molar-refractivity contribution >= 4 is 0 Å². The van der Waals surface area contributed by atoms with Crippen LogP contribution in [0.25, 0.3) is 0 Å². The van der Waals surface area contributed by atoms with Gasteiger partial charge in [-0.2, -0.15) is 0 Å². The highest BCUT2D eigenvalue weighted by Gasteiger charge is 2.59. The molecule has 3 unspecified atom stereocenters. The molecule has 0 saturated heterocycles. The van der Waals surface area contributed by atoms with Gasteiger partial charge in [0.05, 0.1) is 6.10 Å².